The first-order valence-electron chi connectivity index (χ1n) is 3.81. The van der Waals surface area contributed by atoms with Crippen LogP contribution in [-0.2, 0) is 10.3 Å². The van der Waals surface area contributed by atoms with Gasteiger partial charge in [0.05, 0.1) is 0 Å². The van der Waals surface area contributed by atoms with E-state index in [1.54, 1.807) is 11.8 Å². The number of thioether (sulfide) groups is 1. The molecule has 2 unspecified atom stereocenters. The van der Waals surface area contributed by atoms with Gasteiger partial charge >= 0.3 is 39.9 Å². The molecule has 1 saturated heterocycles. The molecule has 0 amide bonds. The molecule has 13 heavy (non-hydrogen) atoms. The van der Waals surface area contributed by atoms with Crippen LogP contribution >= 0.6 is 11.8 Å². The zero-order chi connectivity index (χ0) is 9.19. The van der Waals surface area contributed by atoms with Crippen LogP contribution in [0, 0.1) is 5.92 Å². The van der Waals surface area contributed by atoms with Gasteiger partial charge in [-0.15, -0.1) is 0 Å². The second kappa shape index (κ2) is 5.95. The van der Waals surface area contributed by atoms with Gasteiger partial charge in [0.15, 0.2) is 0 Å². The Morgan fingerprint density at radius 1 is 1.54 bits per heavy atom. The van der Waals surface area contributed by atoms with Crippen molar-refractivity contribution in [2.75, 3.05) is 11.5 Å². The van der Waals surface area contributed by atoms with Crippen LogP contribution in [0.3, 0.4) is 0 Å². The van der Waals surface area contributed by atoms with Gasteiger partial charge in [-0.1, -0.05) is 6.92 Å². The fraction of sp³-hybridized carbons (Fsp3) is 1.00. The third-order valence-corrected chi connectivity index (χ3v) is 3.72. The Bertz CT molecular complexity index is 244. The fourth-order valence-electron chi connectivity index (χ4n) is 1.19. The maximum absolute atomic E-state index is 10.5. The molecule has 1 rings (SSSR count). The van der Waals surface area contributed by atoms with Crippen LogP contribution in [0.15, 0.2) is 0 Å². The first kappa shape index (κ1) is 14.2. The minimum atomic E-state index is -4.02. The number of hydrogen-bond acceptors (Lipinski definition) is 3. The van der Waals surface area contributed by atoms with E-state index >= 15 is 0 Å². The summed E-state index contributed by atoms with van der Waals surface area (Å²) in [6.07, 6.45) is 0.998. The quantitative estimate of drug-likeness (QED) is 0.517. The third-order valence-electron chi connectivity index (χ3n) is 2.00. The molecule has 1 aliphatic heterocycles. The Morgan fingerprint density at radius 3 is 2.62 bits per heavy atom. The van der Waals surface area contributed by atoms with E-state index in [4.69, 9.17) is 4.55 Å². The van der Waals surface area contributed by atoms with Gasteiger partial charge in [0.1, 0.15) is 0 Å². The average molecular weight is 235 g/mol. The van der Waals surface area contributed by atoms with Gasteiger partial charge in [0.2, 0.25) is 0 Å². The van der Waals surface area contributed by atoms with E-state index in [2.05, 4.69) is 4.72 Å². The van der Waals surface area contributed by atoms with Crippen LogP contribution < -0.4 is 4.72 Å². The topological polar surface area (TPSA) is 66.4 Å². The fourth-order valence-corrected chi connectivity index (χ4v) is 3.36. The van der Waals surface area contributed by atoms with Crippen LogP contribution in [0.5, 0.6) is 0 Å². The van der Waals surface area contributed by atoms with E-state index in [1.807, 2.05) is 6.92 Å². The third kappa shape index (κ3) is 5.61. The standard InChI is InChI=1S/C6H13NO3S2.Na.H/c1-5-2-3-11-4-6(5)7-12(8,9)10;;/h5-7H,2-4H2,1H3,(H,8,9,10);;. The zero-order valence-corrected chi connectivity index (χ0v) is 8.49. The van der Waals surface area contributed by atoms with Gasteiger partial charge < -0.3 is 0 Å². The van der Waals surface area contributed by atoms with Crippen LogP contribution in [0.4, 0.5) is 0 Å². The molecule has 7 heteroatoms. The molecule has 2 atom stereocenters. The monoisotopic (exact) mass is 235 g/mol. The Morgan fingerprint density at radius 2 is 2.15 bits per heavy atom. The van der Waals surface area contributed by atoms with Gasteiger partial charge in [-0.3, -0.25) is 4.55 Å². The first-order valence-corrected chi connectivity index (χ1v) is 6.41. The number of hydrogen-bond donors (Lipinski definition) is 2. The summed E-state index contributed by atoms with van der Waals surface area (Å²) in [5, 5.41) is 0. The molecule has 1 fully saturated rings. The average Bonchev–Trinajstić information content (AvgIpc) is 1.91. The molecule has 0 aromatic carbocycles. The summed E-state index contributed by atoms with van der Waals surface area (Å²) in [4.78, 5) is 0. The SMILES string of the molecule is CC1CCSCC1NS(=O)(=O)O.[NaH]. The summed E-state index contributed by atoms with van der Waals surface area (Å²) in [6, 6.07) is -0.112. The van der Waals surface area contributed by atoms with Crippen molar-refractivity contribution in [3.63, 3.8) is 0 Å². The van der Waals surface area contributed by atoms with Gasteiger partial charge in [0.25, 0.3) is 0 Å². The molecule has 0 radical (unpaired) electrons. The first-order chi connectivity index (χ1) is 5.49. The summed E-state index contributed by atoms with van der Waals surface area (Å²) in [5.74, 6) is 2.14. The Labute approximate surface area is 105 Å². The minimum absolute atomic E-state index is 0. The van der Waals surface area contributed by atoms with Crippen molar-refractivity contribution < 1.29 is 13.0 Å². The Hall–Kier alpha value is 1.22. The van der Waals surface area contributed by atoms with Crippen LogP contribution in [0.25, 0.3) is 0 Å². The molecule has 0 aromatic heterocycles. The molecule has 2 N–H and O–H groups in total. The summed E-state index contributed by atoms with van der Waals surface area (Å²) >= 11 is 1.71. The van der Waals surface area contributed by atoms with Crippen molar-refractivity contribution in [3.05, 3.63) is 0 Å². The molecular formula is C6H14NNaO3S2. The zero-order valence-electron chi connectivity index (χ0n) is 6.86. The second-order valence-corrected chi connectivity index (χ2v) is 5.38. The normalized spacial score (nSPS) is 29.4. The van der Waals surface area contributed by atoms with Crippen molar-refractivity contribution in [2.24, 2.45) is 5.92 Å². The van der Waals surface area contributed by atoms with Gasteiger partial charge in [-0.2, -0.15) is 24.9 Å². The van der Waals surface area contributed by atoms with Crippen molar-refractivity contribution >= 4 is 51.6 Å². The van der Waals surface area contributed by atoms with Crippen molar-refractivity contribution in [3.8, 4) is 0 Å². The molecular weight excluding hydrogens is 221 g/mol. The summed E-state index contributed by atoms with van der Waals surface area (Å²) in [5.41, 5.74) is 0. The number of rotatable bonds is 2. The van der Waals surface area contributed by atoms with Crippen molar-refractivity contribution in [2.45, 2.75) is 19.4 Å². The van der Waals surface area contributed by atoms with Crippen LogP contribution in [-0.4, -0.2) is 60.1 Å². The van der Waals surface area contributed by atoms with Gasteiger partial charge in [-0.05, 0) is 18.1 Å². The van der Waals surface area contributed by atoms with Crippen LogP contribution in [0.1, 0.15) is 13.3 Å². The molecule has 4 nitrogen and oxygen atoms in total. The van der Waals surface area contributed by atoms with Gasteiger partial charge in [0, 0.05) is 11.8 Å². The van der Waals surface area contributed by atoms with E-state index in [0.717, 1.165) is 17.9 Å². The Balaban J connectivity index is 0.00000144. The molecule has 74 valence electrons. The van der Waals surface area contributed by atoms with E-state index in [0.29, 0.717) is 5.92 Å². The summed E-state index contributed by atoms with van der Waals surface area (Å²) in [6.45, 7) is 1.99. The molecule has 0 aliphatic carbocycles. The van der Waals surface area contributed by atoms with Crippen molar-refractivity contribution in [1.29, 1.82) is 0 Å². The summed E-state index contributed by atoms with van der Waals surface area (Å²) < 4.78 is 31.7. The number of nitrogens with one attached hydrogen (secondary N) is 1. The Kier molecular flexibility index (Phi) is 6.50. The van der Waals surface area contributed by atoms with Crippen LogP contribution in [0.2, 0.25) is 0 Å². The van der Waals surface area contributed by atoms with E-state index < -0.39 is 10.3 Å². The van der Waals surface area contributed by atoms with E-state index in [-0.39, 0.29) is 35.6 Å². The predicted molar refractivity (Wildman–Crippen MR) is 56.7 cm³/mol. The van der Waals surface area contributed by atoms with E-state index in [9.17, 15) is 8.42 Å². The molecule has 0 spiro atoms. The molecule has 1 aliphatic rings. The molecule has 1 heterocycles. The summed E-state index contributed by atoms with van der Waals surface area (Å²) in [7, 11) is -4.02. The second-order valence-electron chi connectivity index (χ2n) is 3.04. The van der Waals surface area contributed by atoms with Gasteiger partial charge in [-0.25, -0.2) is 0 Å². The predicted octanol–water partition coefficient (Wildman–Crippen LogP) is -0.128. The molecule has 0 saturated carbocycles. The van der Waals surface area contributed by atoms with E-state index in [1.165, 1.54) is 0 Å². The molecule has 0 aromatic rings. The molecule has 0 bridgehead atoms. The maximum atomic E-state index is 10.5. The van der Waals surface area contributed by atoms with Crippen molar-refractivity contribution in [1.82, 2.24) is 4.72 Å².